The molecule has 1 unspecified atom stereocenters. The van der Waals surface area contributed by atoms with Gasteiger partial charge in [-0.15, -0.1) is 6.58 Å². The lowest BCUT2D eigenvalue weighted by molar-refractivity contribution is -0.0960. The number of ether oxygens (including phenoxy) is 1. The minimum Gasteiger partial charge on any atom is -0.384 e. The summed E-state index contributed by atoms with van der Waals surface area (Å²) in [5, 5.41) is 3.23. The van der Waals surface area contributed by atoms with Crippen molar-refractivity contribution in [2.45, 2.75) is 74.3 Å². The van der Waals surface area contributed by atoms with Crippen molar-refractivity contribution in [3.05, 3.63) is 67.4 Å². The summed E-state index contributed by atoms with van der Waals surface area (Å²) in [4.78, 5) is 7.00. The number of nitrogens with zero attached hydrogens (tertiary/aromatic N) is 2. The molecule has 0 spiro atoms. The van der Waals surface area contributed by atoms with Gasteiger partial charge in [0.2, 0.25) is 0 Å². The van der Waals surface area contributed by atoms with E-state index in [1.54, 1.807) is 12.3 Å². The lowest BCUT2D eigenvalue weighted by atomic mass is 9.99. The third-order valence-electron chi connectivity index (χ3n) is 5.24. The molecule has 1 aliphatic heterocycles. The Labute approximate surface area is 243 Å². The van der Waals surface area contributed by atoms with Crippen molar-refractivity contribution in [3.8, 4) is 0 Å². The number of nitrogens with one attached hydrogen (secondary N) is 1. The van der Waals surface area contributed by atoms with Gasteiger partial charge in [0.05, 0.1) is 20.3 Å². The molecule has 0 amide bonds. The van der Waals surface area contributed by atoms with Crippen LogP contribution in [0.1, 0.15) is 66.9 Å². The van der Waals surface area contributed by atoms with Crippen LogP contribution in [-0.4, -0.2) is 65.5 Å². The molecule has 1 saturated heterocycles. The standard InChI is InChI=1S/C11H15NO.C9H19N.C5H12.C4H9N.C3H6.CH3FO/c1-10-2-4-11(5-3-10)12-6-8-13-9-7-12;1-7(2)6-9(10-5)8(3)4;2*1-4-5(2)3;2*1-3-2/h2-5H,6-9H2,1H3;7,9-10H,3,6H2,1-2,4-5H3;5H,4H2,1-3H3;4H,1H2,2-3H3;3H,1H2,2H3;1H3. The molecule has 0 aromatic heterocycles. The molecule has 6 heteroatoms. The van der Waals surface area contributed by atoms with Gasteiger partial charge >= 0.3 is 0 Å². The van der Waals surface area contributed by atoms with Crippen molar-refractivity contribution in [1.82, 2.24) is 10.2 Å². The summed E-state index contributed by atoms with van der Waals surface area (Å²) in [6, 6.07) is 9.18. The van der Waals surface area contributed by atoms with Gasteiger partial charge in [-0.2, -0.15) is 4.94 Å². The van der Waals surface area contributed by atoms with E-state index in [0.29, 0.717) is 6.04 Å². The van der Waals surface area contributed by atoms with Gasteiger partial charge in [0.15, 0.2) is 0 Å². The molecule has 0 radical (unpaired) electrons. The number of rotatable bonds is 7. The molecule has 39 heavy (non-hydrogen) atoms. The molecular weight excluding hydrogens is 489 g/mol. The molecule has 5 nitrogen and oxygen atoms in total. The number of likely N-dealkylation sites (N-methyl/N-ethyl adjacent to an activating group) is 1. The second-order valence-electron chi connectivity index (χ2n) is 10.3. The number of morpholine rings is 1. The summed E-state index contributed by atoms with van der Waals surface area (Å²) < 4.78 is 15.1. The average molecular weight is 554 g/mol. The van der Waals surface area contributed by atoms with Crippen LogP contribution in [0.15, 0.2) is 61.9 Å². The monoisotopic (exact) mass is 553 g/mol. The number of halogens is 1. The van der Waals surface area contributed by atoms with Gasteiger partial charge in [-0.3, -0.25) is 0 Å². The zero-order chi connectivity index (χ0) is 31.2. The zero-order valence-corrected chi connectivity index (χ0v) is 27.6. The second kappa shape index (κ2) is 32.1. The van der Waals surface area contributed by atoms with Crippen LogP contribution >= 0.6 is 0 Å². The van der Waals surface area contributed by atoms with Gasteiger partial charge in [0.25, 0.3) is 0 Å². The molecule has 1 fully saturated rings. The summed E-state index contributed by atoms with van der Waals surface area (Å²) in [7, 11) is 6.82. The van der Waals surface area contributed by atoms with E-state index in [4.69, 9.17) is 4.74 Å². The van der Waals surface area contributed by atoms with E-state index in [9.17, 15) is 4.53 Å². The van der Waals surface area contributed by atoms with Gasteiger partial charge in [0, 0.05) is 38.9 Å². The lowest BCUT2D eigenvalue weighted by Gasteiger charge is -2.28. The third kappa shape index (κ3) is 35.9. The maximum atomic E-state index is 9.79. The van der Waals surface area contributed by atoms with Crippen LogP contribution in [0.3, 0.4) is 0 Å². The molecule has 1 atom stereocenters. The average Bonchev–Trinajstić information content (AvgIpc) is 2.90. The predicted octanol–water partition coefficient (Wildman–Crippen LogP) is 8.48. The quantitative estimate of drug-likeness (QED) is 0.343. The molecular formula is C33H64FN3O2. The van der Waals surface area contributed by atoms with Crippen molar-refractivity contribution in [1.29, 1.82) is 0 Å². The molecule has 0 saturated carbocycles. The van der Waals surface area contributed by atoms with Crippen LogP contribution in [0.25, 0.3) is 0 Å². The number of anilines is 1. The highest BCUT2D eigenvalue weighted by molar-refractivity contribution is 5.47. The molecule has 1 heterocycles. The third-order valence-corrected chi connectivity index (χ3v) is 5.24. The Hall–Kier alpha value is -2.15. The van der Waals surface area contributed by atoms with E-state index in [1.807, 2.05) is 33.0 Å². The van der Waals surface area contributed by atoms with Crippen LogP contribution in [0.5, 0.6) is 0 Å². The largest absolute Gasteiger partial charge is 0.384 e. The van der Waals surface area contributed by atoms with Crippen LogP contribution in [-0.2, 0) is 9.68 Å². The zero-order valence-electron chi connectivity index (χ0n) is 27.6. The summed E-state index contributed by atoms with van der Waals surface area (Å²) >= 11 is 0. The summed E-state index contributed by atoms with van der Waals surface area (Å²) in [6.07, 6.45) is 5.99. The molecule has 1 N–H and O–H groups in total. The Morgan fingerprint density at radius 2 is 1.49 bits per heavy atom. The van der Waals surface area contributed by atoms with E-state index in [0.717, 1.165) is 45.2 Å². The van der Waals surface area contributed by atoms with E-state index in [2.05, 4.69) is 108 Å². The van der Waals surface area contributed by atoms with Gasteiger partial charge in [-0.25, -0.2) is 0 Å². The fourth-order valence-electron chi connectivity index (χ4n) is 2.61. The van der Waals surface area contributed by atoms with E-state index in [-0.39, 0.29) is 0 Å². The van der Waals surface area contributed by atoms with Crippen molar-refractivity contribution in [2.75, 3.05) is 59.5 Å². The maximum Gasteiger partial charge on any atom is 0.0766 e. The maximum absolute atomic E-state index is 9.79. The highest BCUT2D eigenvalue weighted by Gasteiger charge is 2.10. The fourth-order valence-corrected chi connectivity index (χ4v) is 2.61. The van der Waals surface area contributed by atoms with E-state index < -0.39 is 0 Å². The van der Waals surface area contributed by atoms with Crippen LogP contribution < -0.4 is 10.2 Å². The Bertz CT molecular complexity index is 655. The van der Waals surface area contributed by atoms with Gasteiger partial charge in [-0.05, 0) is 68.9 Å². The van der Waals surface area contributed by atoms with Crippen molar-refractivity contribution >= 4 is 5.69 Å². The van der Waals surface area contributed by atoms with Gasteiger partial charge in [0.1, 0.15) is 0 Å². The molecule has 0 bridgehead atoms. The molecule has 0 aliphatic carbocycles. The first kappa shape index (κ1) is 43.9. The number of benzene rings is 1. The molecule has 2 rings (SSSR count). The van der Waals surface area contributed by atoms with Crippen molar-refractivity contribution in [3.63, 3.8) is 0 Å². The van der Waals surface area contributed by atoms with Crippen LogP contribution in [0, 0.1) is 18.8 Å². The lowest BCUT2D eigenvalue weighted by Crippen LogP contribution is -2.36. The number of hydrogen-bond acceptors (Lipinski definition) is 5. The minimum atomic E-state index is 0.500. The Kier molecular flexibility index (Phi) is 36.1. The topological polar surface area (TPSA) is 37.0 Å². The van der Waals surface area contributed by atoms with Gasteiger partial charge < -0.3 is 19.9 Å². The summed E-state index contributed by atoms with van der Waals surface area (Å²) in [6.45, 7) is 31.7. The molecule has 1 aromatic rings. The Morgan fingerprint density at radius 1 is 1.10 bits per heavy atom. The highest BCUT2D eigenvalue weighted by atomic mass is 19.3. The SMILES string of the molecule is C=C(C)C(CC(C)C)NC.C=CC.C=CN(C)C.CCC(C)C.COF.Cc1ccc(N2CCOCC2)cc1. The smallest absolute Gasteiger partial charge is 0.0766 e. The van der Waals surface area contributed by atoms with Gasteiger partial charge in [-0.1, -0.05) is 83.5 Å². The molecule has 230 valence electrons. The first-order valence-corrected chi connectivity index (χ1v) is 14.0. The second-order valence-corrected chi connectivity index (χ2v) is 10.3. The van der Waals surface area contributed by atoms with Crippen molar-refractivity contribution < 1.29 is 14.2 Å². The van der Waals surface area contributed by atoms with E-state index in [1.165, 1.54) is 29.7 Å². The predicted molar refractivity (Wildman–Crippen MR) is 174 cm³/mol. The number of allylic oxidation sites excluding steroid dienone is 1. The number of hydrogen-bond donors (Lipinski definition) is 1. The normalized spacial score (nSPS) is 12.2. The first-order chi connectivity index (χ1) is 18.3. The molecule has 1 aliphatic rings. The van der Waals surface area contributed by atoms with Crippen molar-refractivity contribution in [2.24, 2.45) is 11.8 Å². The van der Waals surface area contributed by atoms with Crippen LogP contribution in [0.2, 0.25) is 0 Å². The summed E-state index contributed by atoms with van der Waals surface area (Å²) in [5.41, 5.74) is 3.86. The molecule has 1 aromatic carbocycles. The Morgan fingerprint density at radius 3 is 1.72 bits per heavy atom. The first-order valence-electron chi connectivity index (χ1n) is 14.0. The van der Waals surface area contributed by atoms with Crippen LogP contribution in [0.4, 0.5) is 10.2 Å². The fraction of sp³-hybridized carbons (Fsp3) is 0.636. The number of aryl methyl sites for hydroxylation is 1. The Balaban J connectivity index is -0.000000209. The highest BCUT2D eigenvalue weighted by Crippen LogP contribution is 2.16. The van der Waals surface area contributed by atoms with E-state index >= 15 is 0 Å². The minimum absolute atomic E-state index is 0.500. The summed E-state index contributed by atoms with van der Waals surface area (Å²) in [5.74, 6) is 1.63.